The number of ether oxygens (including phenoxy) is 1. The first-order valence-corrected chi connectivity index (χ1v) is 5.91. The molecule has 0 bridgehead atoms. The molecule has 2 N–H and O–H groups in total. The molecule has 0 saturated carbocycles. The van der Waals surface area contributed by atoms with Gasteiger partial charge in [-0.15, -0.1) is 0 Å². The third-order valence-electron chi connectivity index (χ3n) is 2.53. The van der Waals surface area contributed by atoms with E-state index < -0.39 is 0 Å². The zero-order valence-corrected chi connectivity index (χ0v) is 10.8. The molecule has 4 heteroatoms. The summed E-state index contributed by atoms with van der Waals surface area (Å²) < 4.78 is 5.11. The molecule has 0 aromatic carbocycles. The van der Waals surface area contributed by atoms with E-state index in [4.69, 9.17) is 4.74 Å². The van der Waals surface area contributed by atoms with Gasteiger partial charge in [0, 0.05) is 12.7 Å². The van der Waals surface area contributed by atoms with Crippen LogP contribution >= 0.6 is 0 Å². The number of H-pyrrole nitrogens is 1. The van der Waals surface area contributed by atoms with Gasteiger partial charge in [-0.2, -0.15) is 5.26 Å². The van der Waals surface area contributed by atoms with Gasteiger partial charge in [-0.3, -0.25) is 5.32 Å². The van der Waals surface area contributed by atoms with Gasteiger partial charge in [-0.05, 0) is 19.4 Å². The molecule has 0 saturated heterocycles. The first kappa shape index (κ1) is 13.5. The number of nitrogens with one attached hydrogen (secondary N) is 2. The van der Waals surface area contributed by atoms with Crippen LogP contribution in [0.3, 0.4) is 0 Å². The van der Waals surface area contributed by atoms with E-state index >= 15 is 0 Å². The number of hydrogen-bond acceptors (Lipinski definition) is 3. The Labute approximate surface area is 103 Å². The summed E-state index contributed by atoms with van der Waals surface area (Å²) in [5.74, 6) is 0.799. The van der Waals surface area contributed by atoms with Gasteiger partial charge in [0.15, 0.2) is 0 Å². The average Bonchev–Trinajstić information content (AvgIpc) is 2.29. The number of nitrogens with zero attached hydrogens (tertiary/aromatic N) is 1. The molecule has 92 valence electrons. The standard InChI is InChI=1S/C13H19N3O/c1-4-5-6-15-13-12(8-14)11(9-17-3)7-10(2)16-13/h7H,4-6,9H2,1-3H3,(H,15,16)/p+1. The molecule has 1 heterocycles. The Bertz CT molecular complexity index is 410. The van der Waals surface area contributed by atoms with Crippen molar-refractivity contribution in [2.24, 2.45) is 0 Å². The van der Waals surface area contributed by atoms with Crippen LogP contribution in [0.2, 0.25) is 0 Å². The third kappa shape index (κ3) is 3.72. The molecule has 0 fully saturated rings. The van der Waals surface area contributed by atoms with Crippen LogP contribution in [-0.4, -0.2) is 13.7 Å². The van der Waals surface area contributed by atoms with Crippen LogP contribution in [0.1, 0.15) is 36.6 Å². The summed E-state index contributed by atoms with van der Waals surface area (Å²) >= 11 is 0. The number of hydrogen-bond donors (Lipinski definition) is 1. The van der Waals surface area contributed by atoms with E-state index in [0.717, 1.165) is 36.5 Å². The molecular formula is C13H20N3O+. The zero-order chi connectivity index (χ0) is 12.7. The van der Waals surface area contributed by atoms with Gasteiger partial charge in [-0.25, -0.2) is 4.98 Å². The molecule has 4 nitrogen and oxygen atoms in total. The minimum Gasteiger partial charge on any atom is -0.380 e. The molecule has 1 rings (SSSR count). The van der Waals surface area contributed by atoms with Crippen molar-refractivity contribution in [1.82, 2.24) is 0 Å². The maximum atomic E-state index is 9.21. The summed E-state index contributed by atoms with van der Waals surface area (Å²) in [5.41, 5.74) is 2.59. The SMILES string of the molecule is CCCCNc1[nH+]c(C)cc(COC)c1C#N. The lowest BCUT2D eigenvalue weighted by molar-refractivity contribution is -0.371. The van der Waals surface area contributed by atoms with Crippen molar-refractivity contribution in [3.05, 3.63) is 22.9 Å². The summed E-state index contributed by atoms with van der Waals surface area (Å²) in [5, 5.41) is 12.5. The highest BCUT2D eigenvalue weighted by Crippen LogP contribution is 2.16. The van der Waals surface area contributed by atoms with Crippen LogP contribution in [0.15, 0.2) is 6.07 Å². The minimum absolute atomic E-state index is 0.459. The van der Waals surface area contributed by atoms with E-state index in [9.17, 15) is 5.26 Å². The van der Waals surface area contributed by atoms with Crippen LogP contribution in [0, 0.1) is 18.3 Å². The molecule has 0 aliphatic rings. The van der Waals surface area contributed by atoms with Crippen molar-refractivity contribution in [2.75, 3.05) is 19.0 Å². The van der Waals surface area contributed by atoms with Gasteiger partial charge < -0.3 is 4.74 Å². The van der Waals surface area contributed by atoms with Crippen LogP contribution in [-0.2, 0) is 11.3 Å². The monoisotopic (exact) mass is 234 g/mol. The highest BCUT2D eigenvalue weighted by atomic mass is 16.5. The Morgan fingerprint density at radius 3 is 2.88 bits per heavy atom. The molecule has 0 radical (unpaired) electrons. The third-order valence-corrected chi connectivity index (χ3v) is 2.53. The smallest absolute Gasteiger partial charge is 0.290 e. The molecule has 0 amide bonds. The Hall–Kier alpha value is -1.60. The largest absolute Gasteiger partial charge is 0.380 e. The van der Waals surface area contributed by atoms with Gasteiger partial charge in [0.2, 0.25) is 0 Å². The van der Waals surface area contributed by atoms with Crippen LogP contribution in [0.4, 0.5) is 5.82 Å². The zero-order valence-electron chi connectivity index (χ0n) is 10.8. The number of rotatable bonds is 6. The Kier molecular flexibility index (Phi) is 5.44. The predicted molar refractivity (Wildman–Crippen MR) is 66.6 cm³/mol. The minimum atomic E-state index is 0.459. The van der Waals surface area contributed by atoms with E-state index in [2.05, 4.69) is 23.3 Å². The summed E-state index contributed by atoms with van der Waals surface area (Å²) in [6.07, 6.45) is 2.22. The molecule has 1 aromatic heterocycles. The quantitative estimate of drug-likeness (QED) is 0.766. The Morgan fingerprint density at radius 1 is 1.53 bits per heavy atom. The van der Waals surface area contributed by atoms with Crippen LogP contribution in [0.25, 0.3) is 0 Å². The summed E-state index contributed by atoms with van der Waals surface area (Å²) in [4.78, 5) is 3.20. The molecule has 17 heavy (non-hydrogen) atoms. The van der Waals surface area contributed by atoms with E-state index in [1.54, 1.807) is 7.11 Å². The summed E-state index contributed by atoms with van der Waals surface area (Å²) in [6, 6.07) is 4.18. The number of methoxy groups -OCH3 is 1. The molecule has 0 unspecified atom stereocenters. The second-order valence-electron chi connectivity index (χ2n) is 4.05. The number of unbranched alkanes of at least 4 members (excludes halogenated alkanes) is 1. The lowest BCUT2D eigenvalue weighted by Gasteiger charge is -2.06. The second kappa shape index (κ2) is 6.87. The van der Waals surface area contributed by atoms with Crippen molar-refractivity contribution in [3.63, 3.8) is 0 Å². The fourth-order valence-corrected chi connectivity index (χ4v) is 1.71. The normalized spacial score (nSPS) is 10.0. The fourth-order valence-electron chi connectivity index (χ4n) is 1.71. The predicted octanol–water partition coefficient (Wildman–Crippen LogP) is 2.04. The van der Waals surface area contributed by atoms with Crippen molar-refractivity contribution in [1.29, 1.82) is 5.26 Å². The molecule has 1 aromatic rings. The highest BCUT2D eigenvalue weighted by Gasteiger charge is 2.15. The summed E-state index contributed by atoms with van der Waals surface area (Å²) in [7, 11) is 1.64. The topological polar surface area (TPSA) is 59.2 Å². The number of aromatic nitrogens is 1. The average molecular weight is 234 g/mol. The van der Waals surface area contributed by atoms with Crippen molar-refractivity contribution in [3.8, 4) is 6.07 Å². The lowest BCUT2D eigenvalue weighted by Crippen LogP contribution is -2.20. The Morgan fingerprint density at radius 2 is 2.29 bits per heavy atom. The molecule has 0 spiro atoms. The van der Waals surface area contributed by atoms with Crippen molar-refractivity contribution < 1.29 is 9.72 Å². The van der Waals surface area contributed by atoms with Gasteiger partial charge in [0.05, 0.1) is 18.8 Å². The first-order valence-electron chi connectivity index (χ1n) is 5.91. The molecule has 0 aliphatic heterocycles. The Balaban J connectivity index is 2.97. The number of aryl methyl sites for hydroxylation is 1. The van der Waals surface area contributed by atoms with Gasteiger partial charge in [0.25, 0.3) is 5.82 Å². The summed E-state index contributed by atoms with van der Waals surface area (Å²) in [6.45, 7) is 5.45. The molecule has 0 atom stereocenters. The van der Waals surface area contributed by atoms with E-state index in [0.29, 0.717) is 12.2 Å². The lowest BCUT2D eigenvalue weighted by atomic mass is 10.1. The van der Waals surface area contributed by atoms with Crippen molar-refractivity contribution >= 4 is 5.82 Å². The highest BCUT2D eigenvalue weighted by molar-refractivity contribution is 5.52. The number of nitriles is 1. The first-order chi connectivity index (χ1) is 8.22. The number of anilines is 1. The maximum absolute atomic E-state index is 9.21. The van der Waals surface area contributed by atoms with Crippen LogP contribution < -0.4 is 10.3 Å². The number of pyridine rings is 1. The van der Waals surface area contributed by atoms with E-state index in [1.165, 1.54) is 0 Å². The fraction of sp³-hybridized carbons (Fsp3) is 0.538. The van der Waals surface area contributed by atoms with Crippen molar-refractivity contribution in [2.45, 2.75) is 33.3 Å². The van der Waals surface area contributed by atoms with Gasteiger partial charge in [0.1, 0.15) is 11.6 Å². The molecular weight excluding hydrogens is 214 g/mol. The molecule has 0 aliphatic carbocycles. The van der Waals surface area contributed by atoms with Crippen LogP contribution in [0.5, 0.6) is 0 Å². The van der Waals surface area contributed by atoms with E-state index in [1.807, 2.05) is 13.0 Å². The van der Waals surface area contributed by atoms with Gasteiger partial charge >= 0.3 is 0 Å². The van der Waals surface area contributed by atoms with E-state index in [-0.39, 0.29) is 0 Å². The second-order valence-corrected chi connectivity index (χ2v) is 4.05. The maximum Gasteiger partial charge on any atom is 0.290 e. The number of aromatic amines is 1. The van der Waals surface area contributed by atoms with Gasteiger partial charge in [-0.1, -0.05) is 13.3 Å².